The van der Waals surface area contributed by atoms with Gasteiger partial charge in [-0.1, -0.05) is 62.4 Å². The van der Waals surface area contributed by atoms with Crippen molar-refractivity contribution in [1.82, 2.24) is 4.90 Å². The molecule has 4 atom stereocenters. The number of carbonyl (C=O) groups excluding carboxylic acids is 2. The Hall–Kier alpha value is -3.84. The number of aryl methyl sites for hydroxylation is 2. The molecule has 7 nitrogen and oxygen atoms in total. The van der Waals surface area contributed by atoms with Gasteiger partial charge >= 0.3 is 0 Å². The molecule has 3 aromatic rings. The van der Waals surface area contributed by atoms with Crippen molar-refractivity contribution >= 4 is 23.1 Å². The number of hydrogen-bond donors (Lipinski definition) is 1. The van der Waals surface area contributed by atoms with Gasteiger partial charge in [0.05, 0.1) is 10.8 Å². The summed E-state index contributed by atoms with van der Waals surface area (Å²) >= 11 is 0. The van der Waals surface area contributed by atoms with Crippen molar-refractivity contribution in [3.05, 3.63) is 105 Å². The molecule has 3 aliphatic rings. The zero-order valence-corrected chi connectivity index (χ0v) is 21.6. The first-order valence-corrected chi connectivity index (χ1v) is 13.5. The number of non-ortho nitro benzene ring substituents is 1. The van der Waals surface area contributed by atoms with Crippen molar-refractivity contribution in [2.75, 3.05) is 11.9 Å². The predicted octanol–water partition coefficient (Wildman–Crippen LogP) is 5.63. The number of carbonyl (C=O) groups is 2. The Morgan fingerprint density at radius 2 is 1.79 bits per heavy atom. The Morgan fingerprint density at radius 3 is 2.50 bits per heavy atom. The van der Waals surface area contributed by atoms with Crippen LogP contribution in [0.3, 0.4) is 0 Å². The molecular formula is C31H31N3O4. The van der Waals surface area contributed by atoms with Gasteiger partial charge in [-0.25, -0.2) is 0 Å². The minimum atomic E-state index is -1.17. The number of nitro groups is 1. The molecule has 1 N–H and O–H groups in total. The van der Waals surface area contributed by atoms with Crippen LogP contribution in [0.5, 0.6) is 0 Å². The summed E-state index contributed by atoms with van der Waals surface area (Å²) < 4.78 is 0. The predicted molar refractivity (Wildman–Crippen MR) is 145 cm³/mol. The van der Waals surface area contributed by atoms with Crippen LogP contribution in [0.1, 0.15) is 65.2 Å². The molecule has 38 heavy (non-hydrogen) atoms. The van der Waals surface area contributed by atoms with Gasteiger partial charge < -0.3 is 5.32 Å². The molecule has 0 aromatic heterocycles. The molecule has 0 saturated carbocycles. The number of benzene rings is 3. The maximum absolute atomic E-state index is 14.6. The SMILES string of the molecule is CCc1ccc(C(=O)C2C(c3cccc([N+](=O)[O-])c3)C3CCCN3[C@@]23C(=O)Nc2ccc(CC)cc23)cc1. The molecule has 6 rings (SSSR count). The zero-order valence-electron chi connectivity index (χ0n) is 21.6. The average molecular weight is 510 g/mol. The second kappa shape index (κ2) is 9.17. The molecule has 3 aliphatic heterocycles. The van der Waals surface area contributed by atoms with Crippen molar-refractivity contribution in [3.8, 4) is 0 Å². The summed E-state index contributed by atoms with van der Waals surface area (Å²) in [5, 5.41) is 14.8. The zero-order chi connectivity index (χ0) is 26.6. The number of ketones is 1. The summed E-state index contributed by atoms with van der Waals surface area (Å²) in [6.07, 6.45) is 3.40. The second-order valence-electron chi connectivity index (χ2n) is 10.6. The van der Waals surface area contributed by atoms with E-state index in [9.17, 15) is 19.7 Å². The topological polar surface area (TPSA) is 92.5 Å². The molecule has 2 saturated heterocycles. The molecule has 3 unspecified atom stereocenters. The highest BCUT2D eigenvalue weighted by Gasteiger charge is 2.69. The Morgan fingerprint density at radius 1 is 1.05 bits per heavy atom. The van der Waals surface area contributed by atoms with Crippen molar-refractivity contribution < 1.29 is 14.5 Å². The highest BCUT2D eigenvalue weighted by Crippen LogP contribution is 2.61. The molecule has 1 spiro atoms. The van der Waals surface area contributed by atoms with Crippen LogP contribution in [-0.4, -0.2) is 34.1 Å². The van der Waals surface area contributed by atoms with Gasteiger partial charge in [-0.2, -0.15) is 0 Å². The van der Waals surface area contributed by atoms with Gasteiger partial charge in [0.15, 0.2) is 5.78 Å². The maximum Gasteiger partial charge on any atom is 0.269 e. The van der Waals surface area contributed by atoms with Crippen LogP contribution < -0.4 is 5.32 Å². The number of anilines is 1. The fourth-order valence-corrected chi connectivity index (χ4v) is 7.13. The largest absolute Gasteiger partial charge is 0.324 e. The highest BCUT2D eigenvalue weighted by molar-refractivity contribution is 6.12. The van der Waals surface area contributed by atoms with Crippen LogP contribution in [0.15, 0.2) is 66.7 Å². The summed E-state index contributed by atoms with van der Waals surface area (Å²) in [4.78, 5) is 42.3. The van der Waals surface area contributed by atoms with E-state index in [-0.39, 0.29) is 29.3 Å². The van der Waals surface area contributed by atoms with E-state index in [1.807, 2.05) is 42.5 Å². The van der Waals surface area contributed by atoms with Crippen molar-refractivity contribution in [3.63, 3.8) is 0 Å². The number of nitrogens with one attached hydrogen (secondary N) is 1. The summed E-state index contributed by atoms with van der Waals surface area (Å²) in [6.45, 7) is 4.84. The molecule has 0 radical (unpaired) electrons. The van der Waals surface area contributed by atoms with Gasteiger partial charge in [-0.05, 0) is 55.0 Å². The molecular weight excluding hydrogens is 478 g/mol. The summed E-state index contributed by atoms with van der Waals surface area (Å²) in [7, 11) is 0. The Bertz CT molecular complexity index is 1450. The lowest BCUT2D eigenvalue weighted by atomic mass is 9.68. The number of hydrogen-bond acceptors (Lipinski definition) is 5. The minimum Gasteiger partial charge on any atom is -0.324 e. The quantitative estimate of drug-likeness (QED) is 0.264. The summed E-state index contributed by atoms with van der Waals surface area (Å²) in [5.41, 5.74) is 3.97. The van der Waals surface area contributed by atoms with Crippen LogP contribution in [-0.2, 0) is 23.2 Å². The first-order valence-electron chi connectivity index (χ1n) is 13.5. The molecule has 2 fully saturated rings. The van der Waals surface area contributed by atoms with Crippen LogP contribution in [0.2, 0.25) is 0 Å². The van der Waals surface area contributed by atoms with Gasteiger partial charge in [-0.15, -0.1) is 0 Å². The molecule has 0 aliphatic carbocycles. The Balaban J connectivity index is 1.60. The van der Waals surface area contributed by atoms with Gasteiger partial charge in [0.25, 0.3) is 5.69 Å². The number of nitrogens with zero attached hydrogens (tertiary/aromatic N) is 2. The standard InChI is InChI=1S/C31H31N3O4/c1-3-19-10-13-21(14-11-19)29(35)28-27(22-7-5-8-23(18-22)34(37)38)26-9-6-16-33(26)31(28)24-17-20(4-2)12-15-25(24)32-30(31)36/h5,7-8,10-15,17-18,26-28H,3-4,6,9,16H2,1-2H3,(H,32,36)/t26?,27?,28?,31-/m1/s1. The van der Waals surface area contributed by atoms with E-state index < -0.39 is 16.4 Å². The fourth-order valence-electron chi connectivity index (χ4n) is 7.13. The van der Waals surface area contributed by atoms with E-state index in [2.05, 4.69) is 30.1 Å². The van der Waals surface area contributed by atoms with Crippen molar-refractivity contribution in [2.24, 2.45) is 5.92 Å². The smallest absolute Gasteiger partial charge is 0.269 e. The third kappa shape index (κ3) is 3.45. The van der Waals surface area contributed by atoms with E-state index in [4.69, 9.17) is 0 Å². The van der Waals surface area contributed by atoms with E-state index >= 15 is 0 Å². The van der Waals surface area contributed by atoms with Crippen LogP contribution >= 0.6 is 0 Å². The lowest BCUT2D eigenvalue weighted by Gasteiger charge is -2.37. The van der Waals surface area contributed by atoms with Crippen LogP contribution in [0.4, 0.5) is 11.4 Å². The number of nitro benzene ring substituents is 1. The lowest BCUT2D eigenvalue weighted by Crippen LogP contribution is -2.52. The summed E-state index contributed by atoms with van der Waals surface area (Å²) in [5.74, 6) is -1.36. The van der Waals surface area contributed by atoms with E-state index in [0.29, 0.717) is 12.1 Å². The first-order chi connectivity index (χ1) is 18.4. The van der Waals surface area contributed by atoms with E-state index in [0.717, 1.165) is 53.6 Å². The number of rotatable bonds is 6. The van der Waals surface area contributed by atoms with Gasteiger partial charge in [0.1, 0.15) is 5.54 Å². The normalized spacial score (nSPS) is 25.8. The number of fused-ring (bicyclic) bond motifs is 4. The molecule has 194 valence electrons. The first kappa shape index (κ1) is 24.5. The van der Waals surface area contributed by atoms with Gasteiger partial charge in [-0.3, -0.25) is 24.6 Å². The van der Waals surface area contributed by atoms with E-state index in [1.54, 1.807) is 12.1 Å². The Labute approximate surface area is 222 Å². The Kier molecular flexibility index (Phi) is 5.91. The molecule has 7 heteroatoms. The minimum absolute atomic E-state index is 0.00367. The molecule has 3 heterocycles. The van der Waals surface area contributed by atoms with Crippen molar-refractivity contribution in [1.29, 1.82) is 0 Å². The second-order valence-corrected chi connectivity index (χ2v) is 10.6. The molecule has 0 bridgehead atoms. The van der Waals surface area contributed by atoms with Crippen LogP contribution in [0.25, 0.3) is 0 Å². The summed E-state index contributed by atoms with van der Waals surface area (Å²) in [6, 6.07) is 20.3. The number of Topliss-reactive ketones (excluding diaryl/α,β-unsaturated/α-hetero) is 1. The third-order valence-corrected chi connectivity index (χ3v) is 8.87. The van der Waals surface area contributed by atoms with E-state index in [1.165, 1.54) is 6.07 Å². The monoisotopic (exact) mass is 509 g/mol. The highest BCUT2D eigenvalue weighted by atomic mass is 16.6. The molecule has 3 aromatic carbocycles. The maximum atomic E-state index is 14.6. The molecule has 1 amide bonds. The average Bonchev–Trinajstić information content (AvgIpc) is 3.61. The van der Waals surface area contributed by atoms with Gasteiger partial charge in [0, 0.05) is 40.9 Å². The third-order valence-electron chi connectivity index (χ3n) is 8.87. The van der Waals surface area contributed by atoms with Gasteiger partial charge in [0.2, 0.25) is 5.91 Å². The number of amides is 1. The lowest BCUT2D eigenvalue weighted by molar-refractivity contribution is -0.384. The van der Waals surface area contributed by atoms with Crippen LogP contribution in [0, 0.1) is 16.0 Å². The van der Waals surface area contributed by atoms with Crippen molar-refractivity contribution in [2.45, 2.75) is 57.0 Å². The fraction of sp³-hybridized carbons (Fsp3) is 0.355.